The van der Waals surface area contributed by atoms with Crippen LogP contribution < -0.4 is 80.0 Å². The molecule has 0 heterocycles. The second-order valence-electron chi connectivity index (χ2n) is 4.07. The van der Waals surface area contributed by atoms with Gasteiger partial charge in [0.1, 0.15) is 0 Å². The Morgan fingerprint density at radius 3 is 1.32 bits per heavy atom. The zero-order chi connectivity index (χ0) is 15.1. The van der Waals surface area contributed by atoms with Crippen molar-refractivity contribution < 1.29 is 78.9 Å². The minimum Gasteiger partial charge on any atom is -0.875 e. The van der Waals surface area contributed by atoms with E-state index >= 15 is 0 Å². The summed E-state index contributed by atoms with van der Waals surface area (Å²) in [6, 6.07) is 6.26. The van der Waals surface area contributed by atoms with E-state index in [9.17, 15) is 19.8 Å². The third-order valence-electron chi connectivity index (χ3n) is 2.09. The van der Waals surface area contributed by atoms with Gasteiger partial charge < -0.3 is 20.8 Å². The number of benzene rings is 1. The summed E-state index contributed by atoms with van der Waals surface area (Å²) in [5.74, 6) is -1.71. The summed E-state index contributed by atoms with van der Waals surface area (Å²) in [4.78, 5) is 22.6. The number of nitrogens with one attached hydrogen (secondary N) is 2. The zero-order valence-electron chi connectivity index (χ0n) is 13.1. The average Bonchev–Trinajstić information content (AvgIpc) is 2.29. The maximum absolute atomic E-state index is 11.3. The van der Waals surface area contributed by atoms with Crippen molar-refractivity contribution >= 4 is 23.2 Å². The fourth-order valence-electron chi connectivity index (χ4n) is 1.36. The Morgan fingerprint density at radius 2 is 1.09 bits per heavy atom. The molecule has 0 aliphatic carbocycles. The third-order valence-corrected chi connectivity index (χ3v) is 2.09. The minimum absolute atomic E-state index is 0. The average molecular weight is 320 g/mol. The summed E-state index contributed by atoms with van der Waals surface area (Å²) in [6.45, 7) is 2.56. The molecule has 2 amide bonds. The van der Waals surface area contributed by atoms with Crippen molar-refractivity contribution in [1.29, 1.82) is 0 Å². The normalized spacial score (nSPS) is 10.8. The first-order valence-corrected chi connectivity index (χ1v) is 5.79. The van der Waals surface area contributed by atoms with E-state index in [1.807, 2.05) is 0 Å². The molecule has 1 aromatic carbocycles. The first-order valence-electron chi connectivity index (χ1n) is 5.79. The van der Waals surface area contributed by atoms with E-state index in [2.05, 4.69) is 10.6 Å². The first-order chi connectivity index (χ1) is 9.36. The van der Waals surface area contributed by atoms with Crippen molar-refractivity contribution in [3.63, 3.8) is 0 Å². The van der Waals surface area contributed by atoms with Gasteiger partial charge in [-0.3, -0.25) is 9.59 Å². The van der Waals surface area contributed by atoms with Crippen LogP contribution in [0.3, 0.4) is 0 Å². The molecular formula is C14H14N2Na2O4. The summed E-state index contributed by atoms with van der Waals surface area (Å²) < 4.78 is 0. The fourth-order valence-corrected chi connectivity index (χ4v) is 1.36. The number of allylic oxidation sites excluding steroid dienone is 2. The molecule has 0 radical (unpaired) electrons. The molecule has 0 fully saturated rings. The van der Waals surface area contributed by atoms with Gasteiger partial charge in [-0.15, -0.1) is 11.5 Å². The molecule has 0 atom stereocenters. The Hall–Kier alpha value is -0.760. The van der Waals surface area contributed by atoms with E-state index in [0.29, 0.717) is 11.4 Å². The van der Waals surface area contributed by atoms with Crippen LogP contribution in [-0.4, -0.2) is 11.8 Å². The first kappa shape index (κ1) is 23.5. The fraction of sp³-hybridized carbons (Fsp3) is 0.143. The van der Waals surface area contributed by atoms with Crippen LogP contribution in [0.2, 0.25) is 0 Å². The molecule has 106 valence electrons. The Morgan fingerprint density at radius 1 is 0.818 bits per heavy atom. The van der Waals surface area contributed by atoms with Crippen molar-refractivity contribution in [2.45, 2.75) is 13.8 Å². The Bertz CT molecular complexity index is 510. The molecule has 0 bridgehead atoms. The van der Waals surface area contributed by atoms with Crippen molar-refractivity contribution in [2.75, 3.05) is 10.6 Å². The third kappa shape index (κ3) is 10.0. The molecule has 0 spiro atoms. The van der Waals surface area contributed by atoms with Crippen molar-refractivity contribution in [3.8, 4) is 0 Å². The largest absolute Gasteiger partial charge is 1.00 e. The van der Waals surface area contributed by atoms with Crippen LogP contribution in [-0.2, 0) is 9.59 Å². The summed E-state index contributed by atoms with van der Waals surface area (Å²) in [5.41, 5.74) is 0.974. The van der Waals surface area contributed by atoms with Gasteiger partial charge in [0.05, 0.1) is 0 Å². The van der Waals surface area contributed by atoms with Crippen LogP contribution in [0.15, 0.2) is 47.9 Å². The van der Waals surface area contributed by atoms with E-state index in [-0.39, 0.29) is 70.6 Å². The minimum atomic E-state index is -0.515. The summed E-state index contributed by atoms with van der Waals surface area (Å²) >= 11 is 0. The maximum atomic E-state index is 11.3. The summed E-state index contributed by atoms with van der Waals surface area (Å²) in [5, 5.41) is 26.4. The molecule has 8 heteroatoms. The summed E-state index contributed by atoms with van der Waals surface area (Å²) in [6.07, 6.45) is 1.88. The maximum Gasteiger partial charge on any atom is 1.00 e. The van der Waals surface area contributed by atoms with Gasteiger partial charge in [0, 0.05) is 11.4 Å². The van der Waals surface area contributed by atoms with E-state index in [4.69, 9.17) is 0 Å². The van der Waals surface area contributed by atoms with Gasteiger partial charge in [-0.25, -0.2) is 0 Å². The molecule has 1 aromatic rings. The molecule has 0 saturated carbocycles. The van der Waals surface area contributed by atoms with Gasteiger partial charge in [-0.2, -0.15) is 0 Å². The van der Waals surface area contributed by atoms with Gasteiger partial charge >= 0.3 is 59.1 Å². The van der Waals surface area contributed by atoms with E-state index in [1.54, 1.807) is 24.3 Å². The topological polar surface area (TPSA) is 104 Å². The predicted octanol–water partition coefficient (Wildman–Crippen LogP) is -5.90. The molecule has 0 unspecified atom stereocenters. The number of carbonyl (C=O) groups excluding carboxylic acids is 2. The summed E-state index contributed by atoms with van der Waals surface area (Å²) in [7, 11) is 0. The number of hydrogen-bond acceptors (Lipinski definition) is 4. The second kappa shape index (κ2) is 11.8. The van der Waals surface area contributed by atoms with Crippen LogP contribution in [0.1, 0.15) is 13.8 Å². The van der Waals surface area contributed by atoms with Crippen LogP contribution in [0.4, 0.5) is 11.4 Å². The van der Waals surface area contributed by atoms with E-state index in [1.165, 1.54) is 13.8 Å². The Kier molecular flexibility index (Phi) is 12.6. The Balaban J connectivity index is 0. The van der Waals surface area contributed by atoms with E-state index < -0.39 is 11.8 Å². The number of carbonyl (C=O) groups is 2. The number of anilines is 2. The predicted molar refractivity (Wildman–Crippen MR) is 71.2 cm³/mol. The standard InChI is InChI=1S/C14H16N2O4.2Na/c1-9(17)7-13(19)15-11-3-5-12(6-4-11)16-14(20)8-10(2)18;;/h3-8,17-18H,1-2H3,(H,15,19)(H,16,20);;/q;2*+1/p-2/b9-7-,10-8+;;. The van der Waals surface area contributed by atoms with Crippen molar-refractivity contribution in [2.24, 2.45) is 0 Å². The van der Waals surface area contributed by atoms with Gasteiger partial charge in [-0.1, -0.05) is 13.8 Å². The number of rotatable bonds is 4. The molecule has 22 heavy (non-hydrogen) atoms. The molecule has 6 nitrogen and oxygen atoms in total. The zero-order valence-corrected chi connectivity index (χ0v) is 17.1. The Labute approximate surface area is 173 Å². The van der Waals surface area contributed by atoms with Crippen LogP contribution in [0.25, 0.3) is 0 Å². The van der Waals surface area contributed by atoms with Gasteiger partial charge in [-0.05, 0) is 36.4 Å². The molecule has 0 aromatic heterocycles. The van der Waals surface area contributed by atoms with Gasteiger partial charge in [0.2, 0.25) is 11.8 Å². The van der Waals surface area contributed by atoms with Crippen LogP contribution in [0, 0.1) is 0 Å². The van der Waals surface area contributed by atoms with E-state index in [0.717, 1.165) is 12.2 Å². The molecule has 0 aliphatic rings. The molecule has 0 saturated heterocycles. The van der Waals surface area contributed by atoms with Gasteiger partial charge in [0.25, 0.3) is 0 Å². The van der Waals surface area contributed by atoms with Crippen molar-refractivity contribution in [1.82, 2.24) is 0 Å². The van der Waals surface area contributed by atoms with Crippen LogP contribution in [0.5, 0.6) is 0 Å². The van der Waals surface area contributed by atoms with Gasteiger partial charge in [0.15, 0.2) is 0 Å². The van der Waals surface area contributed by atoms with Crippen LogP contribution >= 0.6 is 0 Å². The number of amides is 2. The molecule has 2 N–H and O–H groups in total. The smallest absolute Gasteiger partial charge is 0.875 e. The molecule has 1 rings (SSSR count). The number of hydrogen-bond donors (Lipinski definition) is 2. The molecular weight excluding hydrogens is 306 g/mol. The van der Waals surface area contributed by atoms with Crippen molar-refractivity contribution in [3.05, 3.63) is 47.9 Å². The second-order valence-corrected chi connectivity index (χ2v) is 4.07. The SMILES string of the molecule is C/C([O-])=C/C(=O)Nc1ccc(NC(=O)/C=C(\C)[O-])cc1.[Na+].[Na+]. The quantitative estimate of drug-likeness (QED) is 0.327. The monoisotopic (exact) mass is 320 g/mol. The molecule has 0 aliphatic heterocycles.